The molecule has 18 heavy (non-hydrogen) atoms. The zero-order chi connectivity index (χ0) is 13.4. The van der Waals surface area contributed by atoms with E-state index in [4.69, 9.17) is 28.9 Å². The second-order valence-corrected chi connectivity index (χ2v) is 4.34. The van der Waals surface area contributed by atoms with Gasteiger partial charge in [-0.1, -0.05) is 23.2 Å². The third-order valence-corrected chi connectivity index (χ3v) is 2.74. The maximum absolute atomic E-state index is 11.5. The molecule has 1 aromatic heterocycles. The lowest BCUT2D eigenvalue weighted by atomic mass is 10.2. The van der Waals surface area contributed by atoms with E-state index in [1.54, 1.807) is 0 Å². The van der Waals surface area contributed by atoms with E-state index in [0.717, 1.165) is 4.57 Å². The van der Waals surface area contributed by atoms with Crippen molar-refractivity contribution in [3.8, 4) is 0 Å². The molecule has 0 bridgehead atoms. The lowest BCUT2D eigenvalue weighted by Crippen LogP contribution is -2.30. The Kier molecular flexibility index (Phi) is 3.14. The first kappa shape index (κ1) is 12.7. The van der Waals surface area contributed by atoms with Crippen LogP contribution in [0.2, 0.25) is 10.0 Å². The molecular weight excluding hydrogens is 283 g/mol. The molecule has 0 aliphatic heterocycles. The summed E-state index contributed by atoms with van der Waals surface area (Å²) in [4.78, 5) is 34.0. The highest BCUT2D eigenvalue weighted by Crippen LogP contribution is 2.25. The smallest absolute Gasteiger partial charge is 0.372 e. The normalized spacial score (nSPS) is 10.8. The molecule has 1 aromatic carbocycles. The summed E-state index contributed by atoms with van der Waals surface area (Å²) in [5.74, 6) is -1.77. The SMILES string of the molecule is NC(=O)Cn1c(=O)oc(=O)c2cc(Cl)cc(Cl)c21. The van der Waals surface area contributed by atoms with Crippen LogP contribution in [-0.2, 0) is 11.3 Å². The van der Waals surface area contributed by atoms with Crippen LogP contribution in [0, 0.1) is 0 Å². The molecule has 6 nitrogen and oxygen atoms in total. The Hall–Kier alpha value is -1.79. The third kappa shape index (κ3) is 2.12. The number of nitrogens with zero attached hydrogens (tertiary/aromatic N) is 1. The van der Waals surface area contributed by atoms with Crippen LogP contribution in [0.1, 0.15) is 0 Å². The van der Waals surface area contributed by atoms with E-state index >= 15 is 0 Å². The number of halogens is 2. The number of nitrogens with two attached hydrogens (primary N) is 1. The van der Waals surface area contributed by atoms with Gasteiger partial charge in [0, 0.05) is 5.02 Å². The molecular formula is C10H6Cl2N2O4. The van der Waals surface area contributed by atoms with Gasteiger partial charge in [0.15, 0.2) is 0 Å². The average Bonchev–Trinajstić information content (AvgIpc) is 2.23. The van der Waals surface area contributed by atoms with Crippen molar-refractivity contribution in [2.75, 3.05) is 0 Å². The molecule has 2 rings (SSSR count). The number of hydrogen-bond donors (Lipinski definition) is 1. The van der Waals surface area contributed by atoms with Crippen LogP contribution in [0.25, 0.3) is 10.9 Å². The van der Waals surface area contributed by atoms with Crippen molar-refractivity contribution in [3.05, 3.63) is 43.1 Å². The van der Waals surface area contributed by atoms with Crippen LogP contribution in [0.4, 0.5) is 0 Å². The van der Waals surface area contributed by atoms with Gasteiger partial charge in [-0.3, -0.25) is 9.36 Å². The highest BCUT2D eigenvalue weighted by molar-refractivity contribution is 6.38. The first-order chi connectivity index (χ1) is 8.40. The van der Waals surface area contributed by atoms with Gasteiger partial charge in [0.25, 0.3) is 0 Å². The molecule has 0 radical (unpaired) electrons. The molecule has 0 fully saturated rings. The number of primary amides is 1. The topological polar surface area (TPSA) is 95.3 Å². The fraction of sp³-hybridized carbons (Fsp3) is 0.100. The fourth-order valence-corrected chi connectivity index (χ4v) is 2.17. The van der Waals surface area contributed by atoms with Gasteiger partial charge in [-0.25, -0.2) is 9.59 Å². The second kappa shape index (κ2) is 4.47. The molecule has 0 aliphatic carbocycles. The van der Waals surface area contributed by atoms with Gasteiger partial charge in [0.2, 0.25) is 5.91 Å². The van der Waals surface area contributed by atoms with Crippen molar-refractivity contribution in [2.24, 2.45) is 5.73 Å². The van der Waals surface area contributed by atoms with Crippen LogP contribution >= 0.6 is 23.2 Å². The number of amides is 1. The molecule has 0 unspecified atom stereocenters. The first-order valence-corrected chi connectivity index (χ1v) is 5.46. The summed E-state index contributed by atoms with van der Waals surface area (Å²) in [7, 11) is 0. The van der Waals surface area contributed by atoms with Crippen molar-refractivity contribution in [1.82, 2.24) is 4.57 Å². The Morgan fingerprint density at radius 1 is 1.33 bits per heavy atom. The van der Waals surface area contributed by atoms with E-state index in [-0.39, 0.29) is 20.9 Å². The standard InChI is InChI=1S/C10H6Cl2N2O4/c11-4-1-5-8(6(12)2-4)14(3-7(13)15)10(17)18-9(5)16/h1-2H,3H2,(H2,13,15). The zero-order valence-corrected chi connectivity index (χ0v) is 10.3. The molecule has 94 valence electrons. The molecule has 2 N–H and O–H groups in total. The molecule has 1 amide bonds. The Morgan fingerprint density at radius 2 is 2.00 bits per heavy atom. The second-order valence-electron chi connectivity index (χ2n) is 3.49. The number of rotatable bonds is 2. The highest BCUT2D eigenvalue weighted by Gasteiger charge is 2.15. The van der Waals surface area contributed by atoms with Crippen LogP contribution in [0.5, 0.6) is 0 Å². The van der Waals surface area contributed by atoms with E-state index < -0.39 is 23.8 Å². The van der Waals surface area contributed by atoms with Crippen LogP contribution < -0.4 is 17.1 Å². The number of fused-ring (bicyclic) bond motifs is 1. The molecule has 0 aliphatic rings. The van der Waals surface area contributed by atoms with Crippen molar-refractivity contribution < 1.29 is 9.21 Å². The Balaban J connectivity index is 2.98. The molecule has 8 heteroatoms. The minimum absolute atomic E-state index is 0.00773. The summed E-state index contributed by atoms with van der Waals surface area (Å²) >= 11 is 11.7. The minimum atomic E-state index is -1.00. The van der Waals surface area contributed by atoms with Crippen LogP contribution in [0.15, 0.2) is 26.1 Å². The van der Waals surface area contributed by atoms with Gasteiger partial charge in [0.1, 0.15) is 6.54 Å². The van der Waals surface area contributed by atoms with Gasteiger partial charge >= 0.3 is 11.4 Å². The summed E-state index contributed by atoms with van der Waals surface area (Å²) in [5.41, 5.74) is 4.21. The summed E-state index contributed by atoms with van der Waals surface area (Å²) in [6.45, 7) is -0.444. The van der Waals surface area contributed by atoms with E-state index in [0.29, 0.717) is 0 Å². The van der Waals surface area contributed by atoms with Gasteiger partial charge in [-0.2, -0.15) is 0 Å². The predicted octanol–water partition coefficient (Wildman–Crippen LogP) is 0.747. The van der Waals surface area contributed by atoms with Crippen molar-refractivity contribution in [2.45, 2.75) is 6.54 Å². The van der Waals surface area contributed by atoms with Crippen molar-refractivity contribution in [1.29, 1.82) is 0 Å². The maximum Gasteiger partial charge on any atom is 0.422 e. The van der Waals surface area contributed by atoms with E-state index in [2.05, 4.69) is 4.42 Å². The third-order valence-electron chi connectivity index (χ3n) is 2.23. The molecule has 0 saturated heterocycles. The lowest BCUT2D eigenvalue weighted by Gasteiger charge is -2.08. The number of benzene rings is 1. The van der Waals surface area contributed by atoms with Gasteiger partial charge in [-0.15, -0.1) is 0 Å². The largest absolute Gasteiger partial charge is 0.422 e. The summed E-state index contributed by atoms with van der Waals surface area (Å²) < 4.78 is 5.35. The Morgan fingerprint density at radius 3 is 2.61 bits per heavy atom. The quantitative estimate of drug-likeness (QED) is 0.882. The zero-order valence-electron chi connectivity index (χ0n) is 8.78. The minimum Gasteiger partial charge on any atom is -0.372 e. The van der Waals surface area contributed by atoms with Crippen LogP contribution in [0.3, 0.4) is 0 Å². The number of carbonyl (C=O) groups is 1. The van der Waals surface area contributed by atoms with Crippen LogP contribution in [-0.4, -0.2) is 10.5 Å². The average molecular weight is 289 g/mol. The maximum atomic E-state index is 11.5. The fourth-order valence-electron chi connectivity index (χ4n) is 1.58. The lowest BCUT2D eigenvalue weighted by molar-refractivity contribution is -0.118. The number of hydrogen-bond acceptors (Lipinski definition) is 4. The Bertz CT molecular complexity index is 763. The van der Waals surface area contributed by atoms with Gasteiger partial charge in [-0.05, 0) is 12.1 Å². The van der Waals surface area contributed by atoms with Gasteiger partial charge in [0.05, 0.1) is 15.9 Å². The summed E-state index contributed by atoms with van der Waals surface area (Å²) in [6.07, 6.45) is 0. The Labute approximate surface area is 110 Å². The first-order valence-electron chi connectivity index (χ1n) is 4.71. The molecule has 0 saturated carbocycles. The summed E-state index contributed by atoms with van der Waals surface area (Å²) in [5, 5.41) is 0.279. The molecule has 2 aromatic rings. The monoisotopic (exact) mass is 288 g/mol. The highest BCUT2D eigenvalue weighted by atomic mass is 35.5. The van der Waals surface area contributed by atoms with Gasteiger partial charge < -0.3 is 10.2 Å². The number of carbonyl (C=O) groups excluding carboxylic acids is 1. The van der Waals surface area contributed by atoms with E-state index in [1.807, 2.05) is 0 Å². The number of aromatic nitrogens is 1. The molecule has 0 spiro atoms. The van der Waals surface area contributed by atoms with Crippen molar-refractivity contribution >= 4 is 40.0 Å². The van der Waals surface area contributed by atoms with E-state index in [9.17, 15) is 14.4 Å². The predicted molar refractivity (Wildman–Crippen MR) is 66.0 cm³/mol. The summed E-state index contributed by atoms with van der Waals surface area (Å²) in [6, 6.07) is 2.65. The molecule has 0 atom stereocenters. The molecule has 1 heterocycles. The van der Waals surface area contributed by atoms with E-state index in [1.165, 1.54) is 12.1 Å². The van der Waals surface area contributed by atoms with Crippen molar-refractivity contribution in [3.63, 3.8) is 0 Å².